The molecular formula is C13H14BrN3OS. The molecule has 0 aromatic carbocycles. The van der Waals surface area contributed by atoms with Crippen molar-refractivity contribution >= 4 is 39.0 Å². The predicted molar refractivity (Wildman–Crippen MR) is 81.6 cm³/mol. The smallest absolute Gasteiger partial charge is 0.255 e. The van der Waals surface area contributed by atoms with Gasteiger partial charge in [0.25, 0.3) is 5.91 Å². The fourth-order valence-corrected chi connectivity index (χ4v) is 2.86. The van der Waals surface area contributed by atoms with Crippen LogP contribution in [0.4, 0.5) is 5.82 Å². The first-order chi connectivity index (χ1) is 9.10. The SMILES string of the molecule is CNc1ccc(C(=O)N(C)Cc2csc(Br)c2)cn1. The van der Waals surface area contributed by atoms with Gasteiger partial charge in [-0.25, -0.2) is 4.98 Å². The van der Waals surface area contributed by atoms with Gasteiger partial charge in [0.1, 0.15) is 5.82 Å². The number of amides is 1. The zero-order valence-corrected chi connectivity index (χ0v) is 13.1. The van der Waals surface area contributed by atoms with Crippen molar-refractivity contribution in [2.24, 2.45) is 0 Å². The van der Waals surface area contributed by atoms with E-state index in [4.69, 9.17) is 0 Å². The lowest BCUT2D eigenvalue weighted by Crippen LogP contribution is -2.26. The number of nitrogens with zero attached hydrogens (tertiary/aromatic N) is 2. The zero-order valence-electron chi connectivity index (χ0n) is 10.7. The maximum Gasteiger partial charge on any atom is 0.255 e. The van der Waals surface area contributed by atoms with E-state index in [0.717, 1.165) is 15.2 Å². The van der Waals surface area contributed by atoms with Crippen molar-refractivity contribution in [1.29, 1.82) is 0 Å². The Morgan fingerprint density at radius 3 is 2.84 bits per heavy atom. The molecular weight excluding hydrogens is 326 g/mol. The van der Waals surface area contributed by atoms with E-state index in [2.05, 4.69) is 26.2 Å². The van der Waals surface area contributed by atoms with E-state index >= 15 is 0 Å². The second-order valence-electron chi connectivity index (χ2n) is 4.10. The van der Waals surface area contributed by atoms with Crippen LogP contribution in [-0.4, -0.2) is 29.9 Å². The van der Waals surface area contributed by atoms with Gasteiger partial charge in [-0.3, -0.25) is 4.79 Å². The van der Waals surface area contributed by atoms with Crippen LogP contribution in [0.15, 0.2) is 33.6 Å². The van der Waals surface area contributed by atoms with Crippen LogP contribution >= 0.6 is 27.3 Å². The Morgan fingerprint density at radius 1 is 1.53 bits per heavy atom. The van der Waals surface area contributed by atoms with Crippen molar-refractivity contribution in [3.8, 4) is 0 Å². The van der Waals surface area contributed by atoms with Crippen molar-refractivity contribution < 1.29 is 4.79 Å². The van der Waals surface area contributed by atoms with Crippen LogP contribution in [0.2, 0.25) is 0 Å². The molecule has 0 atom stereocenters. The summed E-state index contributed by atoms with van der Waals surface area (Å²) >= 11 is 5.03. The number of hydrogen-bond acceptors (Lipinski definition) is 4. The minimum absolute atomic E-state index is 0.0301. The molecule has 0 saturated carbocycles. The van der Waals surface area contributed by atoms with Crippen LogP contribution in [-0.2, 0) is 6.54 Å². The maximum atomic E-state index is 12.2. The van der Waals surface area contributed by atoms with E-state index < -0.39 is 0 Å². The fraction of sp³-hybridized carbons (Fsp3) is 0.231. The third kappa shape index (κ3) is 3.54. The average molecular weight is 340 g/mol. The summed E-state index contributed by atoms with van der Waals surface area (Å²) < 4.78 is 1.07. The van der Waals surface area contributed by atoms with E-state index in [9.17, 15) is 4.79 Å². The van der Waals surface area contributed by atoms with E-state index in [0.29, 0.717) is 12.1 Å². The number of pyridine rings is 1. The third-order valence-electron chi connectivity index (χ3n) is 2.65. The first kappa shape index (κ1) is 14.0. The second kappa shape index (κ2) is 6.16. The molecule has 0 radical (unpaired) electrons. The number of carbonyl (C=O) groups excluding carboxylic acids is 1. The molecule has 19 heavy (non-hydrogen) atoms. The highest BCUT2D eigenvalue weighted by Crippen LogP contribution is 2.21. The van der Waals surface area contributed by atoms with E-state index in [1.807, 2.05) is 11.4 Å². The van der Waals surface area contributed by atoms with Gasteiger partial charge in [0.05, 0.1) is 9.35 Å². The number of halogens is 1. The lowest BCUT2D eigenvalue weighted by atomic mass is 10.2. The summed E-state index contributed by atoms with van der Waals surface area (Å²) in [6, 6.07) is 5.60. The second-order valence-corrected chi connectivity index (χ2v) is 6.39. The molecule has 2 heterocycles. The Morgan fingerprint density at radius 2 is 2.32 bits per heavy atom. The predicted octanol–water partition coefficient (Wildman–Crippen LogP) is 3.22. The highest BCUT2D eigenvalue weighted by atomic mass is 79.9. The number of anilines is 1. The molecule has 0 aliphatic heterocycles. The van der Waals surface area contributed by atoms with Gasteiger partial charge in [0.2, 0.25) is 0 Å². The number of thiophene rings is 1. The van der Waals surface area contributed by atoms with Crippen LogP contribution in [0.3, 0.4) is 0 Å². The molecule has 4 nitrogen and oxygen atoms in total. The van der Waals surface area contributed by atoms with Gasteiger partial charge in [-0.05, 0) is 45.1 Å². The minimum Gasteiger partial charge on any atom is -0.373 e. The Balaban J connectivity index is 2.05. The van der Waals surface area contributed by atoms with Gasteiger partial charge >= 0.3 is 0 Å². The van der Waals surface area contributed by atoms with Gasteiger partial charge < -0.3 is 10.2 Å². The van der Waals surface area contributed by atoms with Gasteiger partial charge in [-0.2, -0.15) is 0 Å². The normalized spacial score (nSPS) is 10.3. The first-order valence-corrected chi connectivity index (χ1v) is 7.39. The average Bonchev–Trinajstić information content (AvgIpc) is 2.83. The van der Waals surface area contributed by atoms with E-state index in [1.54, 1.807) is 48.7 Å². The van der Waals surface area contributed by atoms with Crippen molar-refractivity contribution in [2.45, 2.75) is 6.54 Å². The number of carbonyl (C=O) groups is 1. The highest BCUT2D eigenvalue weighted by Gasteiger charge is 2.13. The lowest BCUT2D eigenvalue weighted by Gasteiger charge is -2.16. The summed E-state index contributed by atoms with van der Waals surface area (Å²) in [5, 5.41) is 4.96. The molecule has 0 aliphatic rings. The Bertz CT molecular complexity index is 568. The van der Waals surface area contributed by atoms with E-state index in [-0.39, 0.29) is 5.91 Å². The maximum absolute atomic E-state index is 12.2. The number of aromatic nitrogens is 1. The molecule has 2 rings (SSSR count). The molecule has 0 bridgehead atoms. The molecule has 0 spiro atoms. The summed E-state index contributed by atoms with van der Waals surface area (Å²) in [6.45, 7) is 0.592. The van der Waals surface area contributed by atoms with Crippen molar-refractivity contribution in [3.63, 3.8) is 0 Å². The Labute approximate surface area is 124 Å². The third-order valence-corrected chi connectivity index (χ3v) is 4.21. The summed E-state index contributed by atoms with van der Waals surface area (Å²) in [4.78, 5) is 18.0. The van der Waals surface area contributed by atoms with Crippen LogP contribution in [0.5, 0.6) is 0 Å². The van der Waals surface area contributed by atoms with Crippen molar-refractivity contribution in [3.05, 3.63) is 44.7 Å². The largest absolute Gasteiger partial charge is 0.373 e. The summed E-state index contributed by atoms with van der Waals surface area (Å²) in [7, 11) is 3.59. The fourth-order valence-electron chi connectivity index (χ4n) is 1.66. The number of hydrogen-bond donors (Lipinski definition) is 1. The van der Waals surface area contributed by atoms with Gasteiger partial charge in [-0.15, -0.1) is 11.3 Å². The minimum atomic E-state index is -0.0301. The molecule has 2 aromatic heterocycles. The van der Waals surface area contributed by atoms with Crippen LogP contribution < -0.4 is 5.32 Å². The van der Waals surface area contributed by atoms with Crippen molar-refractivity contribution in [1.82, 2.24) is 9.88 Å². The number of rotatable bonds is 4. The molecule has 0 saturated heterocycles. The number of nitrogens with one attached hydrogen (secondary N) is 1. The van der Waals surface area contributed by atoms with Gasteiger partial charge in [0.15, 0.2) is 0 Å². The highest BCUT2D eigenvalue weighted by molar-refractivity contribution is 9.11. The molecule has 0 aliphatic carbocycles. The summed E-state index contributed by atoms with van der Waals surface area (Å²) in [6.07, 6.45) is 1.59. The van der Waals surface area contributed by atoms with Crippen molar-refractivity contribution in [2.75, 3.05) is 19.4 Å². The molecule has 100 valence electrons. The van der Waals surface area contributed by atoms with Gasteiger partial charge in [-0.1, -0.05) is 0 Å². The Kier molecular flexibility index (Phi) is 4.55. The topological polar surface area (TPSA) is 45.2 Å². The van der Waals surface area contributed by atoms with Crippen LogP contribution in [0.1, 0.15) is 15.9 Å². The standard InChI is InChI=1S/C13H14BrN3OS/c1-15-12-4-3-10(6-16-12)13(18)17(2)7-9-5-11(14)19-8-9/h3-6,8H,7H2,1-2H3,(H,15,16). The van der Waals surface area contributed by atoms with Crippen LogP contribution in [0, 0.1) is 0 Å². The monoisotopic (exact) mass is 339 g/mol. The molecule has 1 N–H and O–H groups in total. The molecule has 2 aromatic rings. The molecule has 0 unspecified atom stereocenters. The first-order valence-electron chi connectivity index (χ1n) is 5.72. The molecule has 1 amide bonds. The summed E-state index contributed by atoms with van der Waals surface area (Å²) in [5.41, 5.74) is 1.71. The molecule has 6 heteroatoms. The van der Waals surface area contributed by atoms with Gasteiger partial charge in [0, 0.05) is 26.8 Å². The molecule has 0 fully saturated rings. The van der Waals surface area contributed by atoms with Crippen LogP contribution in [0.25, 0.3) is 0 Å². The Hall–Kier alpha value is -1.40. The zero-order chi connectivity index (χ0) is 13.8. The quantitative estimate of drug-likeness (QED) is 0.930. The summed E-state index contributed by atoms with van der Waals surface area (Å²) in [5.74, 6) is 0.721. The van der Waals surface area contributed by atoms with E-state index in [1.165, 1.54) is 0 Å². The lowest BCUT2D eigenvalue weighted by molar-refractivity contribution is 0.0785.